The number of hydrogen-bond donors (Lipinski definition) is 1. The summed E-state index contributed by atoms with van der Waals surface area (Å²) in [6.07, 6.45) is 2.23. The van der Waals surface area contributed by atoms with Crippen LogP contribution in [0.1, 0.15) is 18.4 Å². The predicted molar refractivity (Wildman–Crippen MR) is 121 cm³/mol. The molecule has 1 aliphatic heterocycles. The average Bonchev–Trinajstić information content (AvgIpc) is 3.19. The Kier molecular flexibility index (Phi) is 6.37. The molecule has 0 spiro atoms. The molecule has 1 aliphatic rings. The van der Waals surface area contributed by atoms with Crippen molar-refractivity contribution >= 4 is 54.9 Å². The molecule has 0 unspecified atom stereocenters. The van der Waals surface area contributed by atoms with Crippen molar-refractivity contribution in [1.29, 1.82) is 0 Å². The summed E-state index contributed by atoms with van der Waals surface area (Å²) in [5.41, 5.74) is 1.23. The molecule has 3 aromatic rings. The maximum absolute atomic E-state index is 12.5. The fourth-order valence-electron chi connectivity index (χ4n) is 3.53. The molecule has 158 valence electrons. The molecular weight excluding hydrogens is 440 g/mol. The monoisotopic (exact) mass is 462 g/mol. The van der Waals surface area contributed by atoms with Gasteiger partial charge in [0, 0.05) is 24.8 Å². The lowest BCUT2D eigenvalue weighted by molar-refractivity contribution is -0.120. The van der Waals surface area contributed by atoms with Gasteiger partial charge in [-0.1, -0.05) is 65.6 Å². The molecular formula is C20H22N4O3S3. The molecule has 1 saturated heterocycles. The SMILES string of the molecule is CS(=O)(=O)N1CCC(C(=O)Nc2nnc(SCc3cccc4ccccc34)s2)CC1. The zero-order valence-corrected chi connectivity index (χ0v) is 18.9. The van der Waals surface area contributed by atoms with Crippen LogP contribution in [0.15, 0.2) is 46.8 Å². The van der Waals surface area contributed by atoms with Gasteiger partial charge in [-0.15, -0.1) is 10.2 Å². The van der Waals surface area contributed by atoms with Crippen LogP contribution in [0.5, 0.6) is 0 Å². The van der Waals surface area contributed by atoms with Gasteiger partial charge in [-0.3, -0.25) is 4.79 Å². The summed E-state index contributed by atoms with van der Waals surface area (Å²) >= 11 is 2.95. The van der Waals surface area contributed by atoms with Gasteiger partial charge < -0.3 is 5.32 Å². The van der Waals surface area contributed by atoms with Gasteiger partial charge in [0.15, 0.2) is 4.34 Å². The summed E-state index contributed by atoms with van der Waals surface area (Å²) < 4.78 is 25.4. The number of hydrogen-bond acceptors (Lipinski definition) is 7. The predicted octanol–water partition coefficient (Wildman–Crippen LogP) is 3.59. The van der Waals surface area contributed by atoms with E-state index < -0.39 is 10.0 Å². The minimum Gasteiger partial charge on any atom is -0.300 e. The number of nitrogens with zero attached hydrogens (tertiary/aromatic N) is 3. The highest BCUT2D eigenvalue weighted by atomic mass is 32.2. The zero-order chi connectivity index (χ0) is 21.1. The Bertz CT molecular complexity index is 1150. The first-order valence-corrected chi connectivity index (χ1v) is 13.2. The summed E-state index contributed by atoms with van der Waals surface area (Å²) in [5.74, 6) is 0.442. The second-order valence-electron chi connectivity index (χ2n) is 7.23. The van der Waals surface area contributed by atoms with Gasteiger partial charge in [-0.25, -0.2) is 12.7 Å². The van der Waals surface area contributed by atoms with E-state index in [0.29, 0.717) is 31.1 Å². The molecule has 0 bridgehead atoms. The van der Waals surface area contributed by atoms with Gasteiger partial charge in [0.05, 0.1) is 6.26 Å². The molecule has 0 radical (unpaired) electrons. The lowest BCUT2D eigenvalue weighted by Gasteiger charge is -2.29. The highest BCUT2D eigenvalue weighted by molar-refractivity contribution is 8.00. The van der Waals surface area contributed by atoms with E-state index in [0.717, 1.165) is 10.1 Å². The Morgan fingerprint density at radius 2 is 1.90 bits per heavy atom. The summed E-state index contributed by atoms with van der Waals surface area (Å²) in [5, 5.41) is 14.0. The Morgan fingerprint density at radius 3 is 2.67 bits per heavy atom. The topological polar surface area (TPSA) is 92.3 Å². The standard InChI is InChI=1S/C20H22N4O3S3/c1-30(26,27)24-11-9-15(10-12-24)18(25)21-19-22-23-20(29-19)28-13-16-7-4-6-14-5-2-3-8-17(14)16/h2-8,15H,9-13H2,1H3,(H,21,22,25). The summed E-state index contributed by atoms with van der Waals surface area (Å²) in [4.78, 5) is 12.5. The second kappa shape index (κ2) is 9.01. The number of nitrogens with one attached hydrogen (secondary N) is 1. The highest BCUT2D eigenvalue weighted by Gasteiger charge is 2.29. The number of benzene rings is 2. The van der Waals surface area contributed by atoms with Gasteiger partial charge in [-0.2, -0.15) is 0 Å². The Labute approximate surface area is 183 Å². The molecule has 2 aromatic carbocycles. The molecule has 0 saturated carbocycles. The maximum atomic E-state index is 12.5. The van der Waals surface area contributed by atoms with Crippen molar-refractivity contribution in [1.82, 2.24) is 14.5 Å². The van der Waals surface area contributed by atoms with Gasteiger partial charge in [0.2, 0.25) is 21.1 Å². The van der Waals surface area contributed by atoms with Crippen LogP contribution in [0.4, 0.5) is 5.13 Å². The van der Waals surface area contributed by atoms with Crippen molar-refractivity contribution in [3.05, 3.63) is 48.0 Å². The van der Waals surface area contributed by atoms with Crippen molar-refractivity contribution in [2.24, 2.45) is 5.92 Å². The molecule has 1 aromatic heterocycles. The van der Waals surface area contributed by atoms with Crippen molar-refractivity contribution < 1.29 is 13.2 Å². The van der Waals surface area contributed by atoms with Crippen molar-refractivity contribution in [2.45, 2.75) is 22.9 Å². The average molecular weight is 463 g/mol. The van der Waals surface area contributed by atoms with Crippen LogP contribution in [-0.2, 0) is 20.6 Å². The molecule has 1 fully saturated rings. The molecule has 0 aliphatic carbocycles. The van der Waals surface area contributed by atoms with Crippen LogP contribution in [0.2, 0.25) is 0 Å². The lowest BCUT2D eigenvalue weighted by atomic mass is 9.97. The van der Waals surface area contributed by atoms with Gasteiger partial charge in [-0.05, 0) is 29.2 Å². The van der Waals surface area contributed by atoms with E-state index in [1.54, 1.807) is 11.8 Å². The van der Waals surface area contributed by atoms with Gasteiger partial charge >= 0.3 is 0 Å². The fraction of sp³-hybridized carbons (Fsp3) is 0.350. The van der Waals surface area contributed by atoms with Crippen molar-refractivity contribution in [3.63, 3.8) is 0 Å². The Hall–Kier alpha value is -2.01. The third-order valence-corrected chi connectivity index (χ3v) is 8.49. The first kappa shape index (κ1) is 21.2. The number of carbonyl (C=O) groups excluding carboxylic acids is 1. The molecule has 1 N–H and O–H groups in total. The number of anilines is 1. The third kappa shape index (κ3) is 5.00. The van der Waals surface area contributed by atoms with E-state index in [1.165, 1.54) is 38.2 Å². The number of aromatic nitrogens is 2. The van der Waals surface area contributed by atoms with Gasteiger partial charge in [0.1, 0.15) is 0 Å². The molecule has 0 atom stereocenters. The molecule has 2 heterocycles. The largest absolute Gasteiger partial charge is 0.300 e. The minimum atomic E-state index is -3.20. The minimum absolute atomic E-state index is 0.120. The van der Waals surface area contributed by atoms with E-state index in [1.807, 2.05) is 12.1 Å². The number of rotatable bonds is 6. The quantitative estimate of drug-likeness (QED) is 0.445. The molecule has 10 heteroatoms. The smallest absolute Gasteiger partial charge is 0.229 e. The van der Waals surface area contributed by atoms with Crippen LogP contribution >= 0.6 is 23.1 Å². The fourth-order valence-corrected chi connectivity index (χ4v) is 6.17. The number of thioether (sulfide) groups is 1. The molecule has 1 amide bonds. The summed E-state index contributed by atoms with van der Waals surface area (Å²) in [7, 11) is -3.20. The summed E-state index contributed by atoms with van der Waals surface area (Å²) in [6, 6.07) is 14.6. The Balaban J connectivity index is 1.33. The van der Waals surface area contributed by atoms with E-state index in [2.05, 4.69) is 45.8 Å². The normalized spacial score (nSPS) is 16.0. The number of fused-ring (bicyclic) bond motifs is 1. The zero-order valence-electron chi connectivity index (χ0n) is 16.4. The van der Waals surface area contributed by atoms with Crippen LogP contribution < -0.4 is 5.32 Å². The maximum Gasteiger partial charge on any atom is 0.229 e. The van der Waals surface area contributed by atoms with Crippen LogP contribution in [-0.4, -0.2) is 48.2 Å². The number of amides is 1. The lowest BCUT2D eigenvalue weighted by Crippen LogP contribution is -2.40. The highest BCUT2D eigenvalue weighted by Crippen LogP contribution is 2.31. The summed E-state index contributed by atoms with van der Waals surface area (Å²) in [6.45, 7) is 0.748. The van der Waals surface area contributed by atoms with E-state index in [4.69, 9.17) is 0 Å². The Morgan fingerprint density at radius 1 is 1.17 bits per heavy atom. The van der Waals surface area contributed by atoms with Crippen LogP contribution in [0.3, 0.4) is 0 Å². The van der Waals surface area contributed by atoms with Crippen LogP contribution in [0.25, 0.3) is 10.8 Å². The first-order valence-electron chi connectivity index (χ1n) is 9.59. The van der Waals surface area contributed by atoms with E-state index in [-0.39, 0.29) is 11.8 Å². The molecule has 7 nitrogen and oxygen atoms in total. The number of piperidine rings is 1. The van der Waals surface area contributed by atoms with Crippen LogP contribution in [0, 0.1) is 5.92 Å². The molecule has 4 rings (SSSR count). The second-order valence-corrected chi connectivity index (χ2v) is 11.4. The first-order chi connectivity index (χ1) is 14.4. The number of sulfonamides is 1. The number of carbonyl (C=O) groups is 1. The van der Waals surface area contributed by atoms with E-state index in [9.17, 15) is 13.2 Å². The van der Waals surface area contributed by atoms with Gasteiger partial charge in [0.25, 0.3) is 0 Å². The third-order valence-electron chi connectivity index (χ3n) is 5.16. The molecule has 30 heavy (non-hydrogen) atoms. The van der Waals surface area contributed by atoms with Crippen molar-refractivity contribution in [3.8, 4) is 0 Å². The van der Waals surface area contributed by atoms with Crippen molar-refractivity contribution in [2.75, 3.05) is 24.7 Å². The van der Waals surface area contributed by atoms with E-state index >= 15 is 0 Å².